The number of hydrogen-bond acceptors (Lipinski definition) is 2. The molecule has 0 bridgehead atoms. The molecule has 1 aromatic rings. The highest BCUT2D eigenvalue weighted by Gasteiger charge is 2.15. The van der Waals surface area contributed by atoms with Crippen LogP contribution in [-0.2, 0) is 11.2 Å². The van der Waals surface area contributed by atoms with Crippen molar-refractivity contribution in [1.29, 1.82) is 0 Å². The van der Waals surface area contributed by atoms with Crippen LogP contribution in [0.2, 0.25) is 0 Å². The fourth-order valence-electron chi connectivity index (χ4n) is 1.99. The van der Waals surface area contributed by atoms with E-state index in [4.69, 9.17) is 0 Å². The van der Waals surface area contributed by atoms with Crippen molar-refractivity contribution in [1.82, 2.24) is 9.80 Å². The molecule has 3 heteroatoms. The van der Waals surface area contributed by atoms with Crippen molar-refractivity contribution < 1.29 is 4.79 Å². The van der Waals surface area contributed by atoms with Gasteiger partial charge in [0.25, 0.3) is 0 Å². The fraction of sp³-hybridized carbons (Fsp3) is 0.462. The van der Waals surface area contributed by atoms with Gasteiger partial charge in [0, 0.05) is 32.7 Å². The lowest BCUT2D eigenvalue weighted by Gasteiger charge is -2.31. The monoisotopic (exact) mass is 217 g/mol. The van der Waals surface area contributed by atoms with E-state index in [0.29, 0.717) is 0 Å². The lowest BCUT2D eigenvalue weighted by Crippen LogP contribution is -2.46. The Balaban J connectivity index is 1.73. The summed E-state index contributed by atoms with van der Waals surface area (Å²) >= 11 is 0. The lowest BCUT2D eigenvalue weighted by molar-refractivity contribution is 0.180. The van der Waals surface area contributed by atoms with Crippen LogP contribution < -0.4 is 0 Å². The normalized spacial score (nSPS) is 17.4. The molecule has 0 unspecified atom stereocenters. The molecule has 2 rings (SSSR count). The standard InChI is InChI=1S/C13H17N2O/c16-12-15-10-8-14(9-11-15)7-6-13-4-2-1-3-5-13/h1-5H,6-11H2. The Morgan fingerprint density at radius 1 is 1.06 bits per heavy atom. The molecule has 1 radical (unpaired) electrons. The van der Waals surface area contributed by atoms with Gasteiger partial charge in [0.05, 0.1) is 0 Å². The molecule has 1 fully saturated rings. The molecule has 1 aromatic carbocycles. The Morgan fingerprint density at radius 2 is 1.75 bits per heavy atom. The average Bonchev–Trinajstić information content (AvgIpc) is 2.38. The number of benzene rings is 1. The van der Waals surface area contributed by atoms with Gasteiger partial charge in [0.15, 0.2) is 0 Å². The summed E-state index contributed by atoms with van der Waals surface area (Å²) in [7, 11) is 0. The molecule has 1 aliphatic rings. The van der Waals surface area contributed by atoms with Gasteiger partial charge >= 0.3 is 6.41 Å². The third kappa shape index (κ3) is 3.07. The summed E-state index contributed by atoms with van der Waals surface area (Å²) in [6, 6.07) is 10.5. The molecule has 0 aromatic heterocycles. The Labute approximate surface area is 96.7 Å². The second-order valence-corrected chi connectivity index (χ2v) is 4.16. The van der Waals surface area contributed by atoms with E-state index in [9.17, 15) is 4.79 Å². The summed E-state index contributed by atoms with van der Waals surface area (Å²) in [6.07, 6.45) is 3.04. The summed E-state index contributed by atoms with van der Waals surface area (Å²) in [5.41, 5.74) is 1.38. The van der Waals surface area contributed by atoms with Crippen molar-refractivity contribution in [2.45, 2.75) is 6.42 Å². The molecule has 0 atom stereocenters. The molecule has 1 amide bonds. The number of hydrogen-bond donors (Lipinski definition) is 0. The molecule has 3 nitrogen and oxygen atoms in total. The molecular formula is C13H17N2O. The minimum atomic E-state index is 0.818. The third-order valence-electron chi connectivity index (χ3n) is 3.06. The summed E-state index contributed by atoms with van der Waals surface area (Å²) in [4.78, 5) is 14.6. The van der Waals surface area contributed by atoms with E-state index in [1.807, 2.05) is 12.5 Å². The van der Waals surface area contributed by atoms with Gasteiger partial charge in [0.2, 0.25) is 0 Å². The first-order chi connectivity index (χ1) is 7.88. The third-order valence-corrected chi connectivity index (χ3v) is 3.06. The molecule has 0 aliphatic carbocycles. The molecule has 85 valence electrons. The Morgan fingerprint density at radius 3 is 2.38 bits per heavy atom. The van der Waals surface area contributed by atoms with Crippen molar-refractivity contribution >= 4 is 6.41 Å². The number of nitrogens with zero attached hydrogens (tertiary/aromatic N) is 2. The molecule has 0 spiro atoms. The van der Waals surface area contributed by atoms with Crippen molar-refractivity contribution in [2.75, 3.05) is 32.7 Å². The molecule has 1 heterocycles. The zero-order valence-corrected chi connectivity index (χ0v) is 9.43. The number of carbonyl (C=O) groups excluding carboxylic acids is 1. The smallest absolute Gasteiger partial charge is 0.312 e. The summed E-state index contributed by atoms with van der Waals surface area (Å²) in [6.45, 7) is 4.66. The second kappa shape index (κ2) is 5.66. The minimum absolute atomic E-state index is 0.818. The van der Waals surface area contributed by atoms with Crippen LogP contribution in [0.15, 0.2) is 30.3 Å². The molecule has 0 saturated carbocycles. The Hall–Kier alpha value is -1.35. The topological polar surface area (TPSA) is 23.6 Å². The van der Waals surface area contributed by atoms with Gasteiger partial charge in [-0.1, -0.05) is 30.3 Å². The van der Waals surface area contributed by atoms with Crippen LogP contribution in [0.4, 0.5) is 0 Å². The summed E-state index contributed by atoms with van der Waals surface area (Å²) in [5.74, 6) is 0. The zero-order chi connectivity index (χ0) is 11.2. The van der Waals surface area contributed by atoms with Crippen LogP contribution in [0, 0.1) is 0 Å². The molecule has 1 saturated heterocycles. The highest BCUT2D eigenvalue weighted by molar-refractivity contribution is 5.48. The summed E-state index contributed by atoms with van der Waals surface area (Å²) < 4.78 is 0. The summed E-state index contributed by atoms with van der Waals surface area (Å²) in [5, 5.41) is 0. The quantitative estimate of drug-likeness (QED) is 0.748. The van der Waals surface area contributed by atoms with Gasteiger partial charge in [-0.05, 0) is 12.0 Å². The van der Waals surface area contributed by atoms with Crippen molar-refractivity contribution in [3.05, 3.63) is 35.9 Å². The maximum Gasteiger partial charge on any atom is 0.312 e. The van der Waals surface area contributed by atoms with Gasteiger partial charge in [-0.2, -0.15) is 0 Å². The fourth-order valence-corrected chi connectivity index (χ4v) is 1.99. The van der Waals surface area contributed by atoms with E-state index in [1.54, 1.807) is 4.90 Å². The molecule has 0 N–H and O–H groups in total. The van der Waals surface area contributed by atoms with Crippen LogP contribution in [-0.4, -0.2) is 48.9 Å². The van der Waals surface area contributed by atoms with Gasteiger partial charge < -0.3 is 4.90 Å². The SMILES string of the molecule is O=[C]N1CCN(CCc2ccccc2)CC1. The predicted molar refractivity (Wildman–Crippen MR) is 63.9 cm³/mol. The maximum absolute atomic E-state index is 10.4. The van der Waals surface area contributed by atoms with E-state index >= 15 is 0 Å². The van der Waals surface area contributed by atoms with Crippen molar-refractivity contribution in [2.24, 2.45) is 0 Å². The van der Waals surface area contributed by atoms with E-state index in [-0.39, 0.29) is 0 Å². The van der Waals surface area contributed by atoms with Gasteiger partial charge in [-0.15, -0.1) is 0 Å². The predicted octanol–water partition coefficient (Wildman–Crippen LogP) is 0.914. The van der Waals surface area contributed by atoms with Crippen molar-refractivity contribution in [3.8, 4) is 0 Å². The molecule has 16 heavy (non-hydrogen) atoms. The average molecular weight is 217 g/mol. The van der Waals surface area contributed by atoms with Gasteiger partial charge in [-0.25, -0.2) is 0 Å². The van der Waals surface area contributed by atoms with Crippen LogP contribution in [0.25, 0.3) is 0 Å². The van der Waals surface area contributed by atoms with Crippen LogP contribution in [0.5, 0.6) is 0 Å². The first kappa shape index (κ1) is 11.1. The van der Waals surface area contributed by atoms with E-state index < -0.39 is 0 Å². The molecule has 1 aliphatic heterocycles. The van der Waals surface area contributed by atoms with Gasteiger partial charge in [-0.3, -0.25) is 9.69 Å². The lowest BCUT2D eigenvalue weighted by atomic mass is 10.1. The van der Waals surface area contributed by atoms with E-state index in [1.165, 1.54) is 5.56 Å². The highest BCUT2D eigenvalue weighted by atomic mass is 16.1. The zero-order valence-electron chi connectivity index (χ0n) is 9.43. The number of amides is 1. The van der Waals surface area contributed by atoms with Crippen molar-refractivity contribution in [3.63, 3.8) is 0 Å². The Bertz CT molecular complexity index is 318. The first-order valence-electron chi connectivity index (χ1n) is 5.77. The van der Waals surface area contributed by atoms with Crippen LogP contribution in [0.3, 0.4) is 0 Å². The molecular weight excluding hydrogens is 200 g/mol. The first-order valence-corrected chi connectivity index (χ1v) is 5.77. The number of rotatable bonds is 4. The van der Waals surface area contributed by atoms with Crippen LogP contribution in [0.1, 0.15) is 5.56 Å². The minimum Gasteiger partial charge on any atom is -0.332 e. The van der Waals surface area contributed by atoms with Gasteiger partial charge in [0.1, 0.15) is 0 Å². The largest absolute Gasteiger partial charge is 0.332 e. The number of piperazine rings is 1. The Kier molecular flexibility index (Phi) is 3.94. The van der Waals surface area contributed by atoms with E-state index in [2.05, 4.69) is 29.2 Å². The highest BCUT2D eigenvalue weighted by Crippen LogP contribution is 2.04. The second-order valence-electron chi connectivity index (χ2n) is 4.16. The van der Waals surface area contributed by atoms with E-state index in [0.717, 1.165) is 39.1 Å². The maximum atomic E-state index is 10.4. The van der Waals surface area contributed by atoms with Crippen LogP contribution >= 0.6 is 0 Å².